The molecule has 0 bridgehead atoms. The van der Waals surface area contributed by atoms with Crippen LogP contribution in [0.25, 0.3) is 11.1 Å². The Hall–Kier alpha value is -2.11. The molecule has 0 saturated heterocycles. The van der Waals surface area contributed by atoms with Gasteiger partial charge in [0.05, 0.1) is 6.20 Å². The predicted molar refractivity (Wildman–Crippen MR) is 63.3 cm³/mol. The number of aromatic nitrogens is 2. The smallest absolute Gasteiger partial charge is 0.404 e. The molecular formula is C12H13N3O3. The van der Waals surface area contributed by atoms with Gasteiger partial charge in [-0.1, -0.05) is 5.16 Å². The largest absolute Gasteiger partial charge is 0.465 e. The number of nitrogens with one attached hydrogen (secondary N) is 1. The van der Waals surface area contributed by atoms with Gasteiger partial charge in [-0.3, -0.25) is 0 Å². The number of hydrogen-bond acceptors (Lipinski definition) is 4. The normalized spacial score (nSPS) is 23.3. The molecule has 1 fully saturated rings. The van der Waals surface area contributed by atoms with Crippen molar-refractivity contribution in [2.45, 2.75) is 31.2 Å². The molecule has 1 amide bonds. The molecule has 0 aliphatic heterocycles. The first-order valence-electron chi connectivity index (χ1n) is 5.93. The van der Waals surface area contributed by atoms with Crippen LogP contribution in [0.15, 0.2) is 22.9 Å². The Labute approximate surface area is 103 Å². The number of amides is 1. The minimum absolute atomic E-state index is 0.0347. The van der Waals surface area contributed by atoms with Crippen molar-refractivity contribution in [1.29, 1.82) is 0 Å². The van der Waals surface area contributed by atoms with Gasteiger partial charge < -0.3 is 14.9 Å². The van der Waals surface area contributed by atoms with Crippen molar-refractivity contribution in [2.75, 3.05) is 0 Å². The summed E-state index contributed by atoms with van der Waals surface area (Å²) in [4.78, 5) is 15.1. The number of nitrogens with zero attached hydrogens (tertiary/aromatic N) is 2. The van der Waals surface area contributed by atoms with Gasteiger partial charge in [0.1, 0.15) is 5.52 Å². The molecule has 2 heterocycles. The van der Waals surface area contributed by atoms with E-state index >= 15 is 0 Å². The standard InChI is InChI=1S/C12H13N3O3/c16-12(17)14-8-2-1-7(5-8)9-3-4-11-10(15-9)6-13-18-11/h3-4,6-8,14H,1-2,5H2,(H,16,17)/t7-,8-/m0/s1. The lowest BCUT2D eigenvalue weighted by Gasteiger charge is -2.10. The van der Waals surface area contributed by atoms with E-state index in [4.69, 9.17) is 9.63 Å². The van der Waals surface area contributed by atoms with Crippen LogP contribution in [-0.4, -0.2) is 27.4 Å². The van der Waals surface area contributed by atoms with E-state index in [0.29, 0.717) is 11.5 Å². The number of carboxylic acid groups (broad SMARTS) is 1. The summed E-state index contributed by atoms with van der Waals surface area (Å²) in [5, 5.41) is 14.9. The molecule has 2 N–H and O–H groups in total. The van der Waals surface area contributed by atoms with Gasteiger partial charge in [0, 0.05) is 17.7 Å². The minimum Gasteiger partial charge on any atom is -0.465 e. The molecule has 3 rings (SSSR count). The zero-order chi connectivity index (χ0) is 12.5. The van der Waals surface area contributed by atoms with Gasteiger partial charge in [-0.15, -0.1) is 0 Å². The maximum absolute atomic E-state index is 10.6. The quantitative estimate of drug-likeness (QED) is 0.848. The Morgan fingerprint density at radius 2 is 2.33 bits per heavy atom. The first-order valence-corrected chi connectivity index (χ1v) is 5.93. The van der Waals surface area contributed by atoms with Gasteiger partial charge in [0.15, 0.2) is 5.58 Å². The topological polar surface area (TPSA) is 88.2 Å². The van der Waals surface area contributed by atoms with Crippen molar-refractivity contribution < 1.29 is 14.4 Å². The number of rotatable bonds is 2. The Bertz CT molecular complexity index is 581. The van der Waals surface area contributed by atoms with Crippen LogP contribution in [0.5, 0.6) is 0 Å². The molecule has 2 atom stereocenters. The van der Waals surface area contributed by atoms with Gasteiger partial charge in [-0.25, -0.2) is 9.78 Å². The lowest BCUT2D eigenvalue weighted by atomic mass is 10.0. The summed E-state index contributed by atoms with van der Waals surface area (Å²) in [7, 11) is 0. The van der Waals surface area contributed by atoms with E-state index in [1.54, 1.807) is 6.20 Å². The Kier molecular flexibility index (Phi) is 2.62. The van der Waals surface area contributed by atoms with Crippen LogP contribution < -0.4 is 5.32 Å². The summed E-state index contributed by atoms with van der Waals surface area (Å²) in [5.41, 5.74) is 2.42. The number of hydrogen-bond donors (Lipinski definition) is 2. The fourth-order valence-corrected chi connectivity index (χ4v) is 2.56. The first-order chi connectivity index (χ1) is 8.72. The van der Waals surface area contributed by atoms with E-state index in [9.17, 15) is 4.79 Å². The molecule has 1 aliphatic carbocycles. The van der Waals surface area contributed by atoms with Crippen LogP contribution in [0.1, 0.15) is 30.9 Å². The predicted octanol–water partition coefficient (Wildman–Crippen LogP) is 2.13. The summed E-state index contributed by atoms with van der Waals surface area (Å²) >= 11 is 0. The Balaban J connectivity index is 1.77. The van der Waals surface area contributed by atoms with E-state index in [2.05, 4.69) is 15.5 Å². The summed E-state index contributed by atoms with van der Waals surface area (Å²) in [5.74, 6) is 0.307. The summed E-state index contributed by atoms with van der Waals surface area (Å²) in [6.07, 6.45) is 3.26. The van der Waals surface area contributed by atoms with Crippen LogP contribution in [0.3, 0.4) is 0 Å². The molecule has 2 aromatic heterocycles. The third-order valence-electron chi connectivity index (χ3n) is 3.41. The zero-order valence-corrected chi connectivity index (χ0v) is 9.67. The first kappa shape index (κ1) is 11.0. The highest BCUT2D eigenvalue weighted by atomic mass is 16.5. The van der Waals surface area contributed by atoms with Crippen molar-refractivity contribution in [3.05, 3.63) is 24.0 Å². The van der Waals surface area contributed by atoms with Gasteiger partial charge in [-0.2, -0.15) is 0 Å². The molecule has 0 radical (unpaired) electrons. The fourth-order valence-electron chi connectivity index (χ4n) is 2.56. The molecule has 18 heavy (non-hydrogen) atoms. The van der Waals surface area contributed by atoms with Crippen molar-refractivity contribution >= 4 is 17.2 Å². The summed E-state index contributed by atoms with van der Waals surface area (Å²) < 4.78 is 5.01. The van der Waals surface area contributed by atoms with Crippen molar-refractivity contribution in [3.63, 3.8) is 0 Å². The second kappa shape index (κ2) is 4.29. The van der Waals surface area contributed by atoms with Crippen molar-refractivity contribution in [3.8, 4) is 0 Å². The van der Waals surface area contributed by atoms with Crippen LogP contribution in [0.4, 0.5) is 4.79 Å². The zero-order valence-electron chi connectivity index (χ0n) is 9.67. The summed E-state index contributed by atoms with van der Waals surface area (Å²) in [6, 6.07) is 3.83. The van der Waals surface area contributed by atoms with Gasteiger partial charge in [-0.05, 0) is 31.4 Å². The maximum Gasteiger partial charge on any atom is 0.404 e. The maximum atomic E-state index is 10.6. The molecule has 0 unspecified atom stereocenters. The van der Waals surface area contributed by atoms with Crippen LogP contribution >= 0.6 is 0 Å². The van der Waals surface area contributed by atoms with Gasteiger partial charge >= 0.3 is 6.09 Å². The van der Waals surface area contributed by atoms with Crippen LogP contribution in [-0.2, 0) is 0 Å². The molecule has 6 nitrogen and oxygen atoms in total. The Morgan fingerprint density at radius 1 is 1.44 bits per heavy atom. The molecule has 2 aromatic rings. The van der Waals surface area contributed by atoms with Gasteiger partial charge in [0.2, 0.25) is 0 Å². The average molecular weight is 247 g/mol. The highest BCUT2D eigenvalue weighted by Gasteiger charge is 2.28. The summed E-state index contributed by atoms with van der Waals surface area (Å²) in [6.45, 7) is 0. The molecule has 94 valence electrons. The average Bonchev–Trinajstić information content (AvgIpc) is 2.95. The highest BCUT2D eigenvalue weighted by molar-refractivity contribution is 5.70. The van der Waals surface area contributed by atoms with Crippen molar-refractivity contribution in [2.24, 2.45) is 0 Å². The molecule has 6 heteroatoms. The number of fused-ring (bicyclic) bond motifs is 1. The van der Waals surface area contributed by atoms with Crippen LogP contribution in [0, 0.1) is 0 Å². The molecule has 1 saturated carbocycles. The van der Waals surface area contributed by atoms with Crippen LogP contribution in [0.2, 0.25) is 0 Å². The second-order valence-corrected chi connectivity index (χ2v) is 4.60. The van der Waals surface area contributed by atoms with Crippen molar-refractivity contribution in [1.82, 2.24) is 15.5 Å². The molecule has 0 aromatic carbocycles. The van der Waals surface area contributed by atoms with E-state index in [-0.39, 0.29) is 6.04 Å². The molecular weight excluding hydrogens is 234 g/mol. The SMILES string of the molecule is O=C(O)N[C@H]1CC[C@H](c2ccc3oncc3n2)C1. The molecule has 0 spiro atoms. The highest BCUT2D eigenvalue weighted by Crippen LogP contribution is 2.34. The number of pyridine rings is 1. The Morgan fingerprint density at radius 3 is 3.17 bits per heavy atom. The lowest BCUT2D eigenvalue weighted by molar-refractivity contribution is 0.190. The number of carbonyl (C=O) groups is 1. The van der Waals surface area contributed by atoms with E-state index < -0.39 is 6.09 Å². The van der Waals surface area contributed by atoms with E-state index in [1.165, 1.54) is 0 Å². The molecule has 1 aliphatic rings. The fraction of sp³-hybridized carbons (Fsp3) is 0.417. The third-order valence-corrected chi connectivity index (χ3v) is 3.41. The minimum atomic E-state index is -0.955. The monoisotopic (exact) mass is 247 g/mol. The second-order valence-electron chi connectivity index (χ2n) is 4.60. The van der Waals surface area contributed by atoms with Gasteiger partial charge in [0.25, 0.3) is 0 Å². The lowest BCUT2D eigenvalue weighted by Crippen LogP contribution is -2.31. The van der Waals surface area contributed by atoms with E-state index in [1.807, 2.05) is 12.1 Å². The third kappa shape index (κ3) is 2.01. The van der Waals surface area contributed by atoms with E-state index in [0.717, 1.165) is 30.5 Å².